The van der Waals surface area contributed by atoms with Gasteiger partial charge >= 0.3 is 0 Å². The minimum atomic E-state index is 0.0520. The van der Waals surface area contributed by atoms with E-state index in [2.05, 4.69) is 101 Å². The van der Waals surface area contributed by atoms with Gasteiger partial charge in [0.1, 0.15) is 0 Å². The van der Waals surface area contributed by atoms with Crippen molar-refractivity contribution in [2.24, 2.45) is 11.8 Å². The first kappa shape index (κ1) is 28.5. The van der Waals surface area contributed by atoms with Gasteiger partial charge in [0, 0.05) is 31.1 Å². The Morgan fingerprint density at radius 1 is 0.925 bits per heavy atom. The maximum absolute atomic E-state index is 12.9. The molecule has 1 amide bonds. The number of hydrogen-bond acceptors (Lipinski definition) is 6. The monoisotopic (exact) mass is 543 g/mol. The first-order chi connectivity index (χ1) is 19.2. The number of hydrogen-bond donors (Lipinski definition) is 1. The van der Waals surface area contributed by atoms with E-state index in [9.17, 15) is 4.79 Å². The average Bonchev–Trinajstić information content (AvgIpc) is 3.41. The van der Waals surface area contributed by atoms with E-state index in [0.29, 0.717) is 24.8 Å². The fourth-order valence-corrected chi connectivity index (χ4v) is 5.88. The van der Waals surface area contributed by atoms with Crippen molar-refractivity contribution >= 4 is 5.91 Å². The molecule has 7 nitrogen and oxygen atoms in total. The van der Waals surface area contributed by atoms with Crippen molar-refractivity contribution in [3.05, 3.63) is 71.1 Å². The van der Waals surface area contributed by atoms with Crippen LogP contribution >= 0.6 is 0 Å². The van der Waals surface area contributed by atoms with Crippen LogP contribution in [0.15, 0.2) is 53.1 Å². The van der Waals surface area contributed by atoms with Crippen molar-refractivity contribution in [3.63, 3.8) is 0 Å². The predicted molar refractivity (Wildman–Crippen MR) is 158 cm³/mol. The molecule has 2 aromatic carbocycles. The van der Waals surface area contributed by atoms with E-state index in [1.54, 1.807) is 0 Å². The van der Waals surface area contributed by atoms with Crippen LogP contribution in [-0.2, 0) is 29.8 Å². The Hall–Kier alpha value is -3.03. The molecule has 3 aromatic rings. The number of carbonyl (C=O) groups is 1. The summed E-state index contributed by atoms with van der Waals surface area (Å²) in [6.07, 6.45) is 4.33. The van der Waals surface area contributed by atoms with Gasteiger partial charge in [-0.15, -0.1) is 0 Å². The molecule has 1 N–H and O–H groups in total. The number of aromatic nitrogens is 2. The standard InChI is InChI=1S/C33H45N5O2/c1-24-6-5-17-38(21-24)22-26-9-7-25(8-10-26)20-34-32(39)28-15-18-37(19-16-28)23-30-35-31(36-40-30)27-11-13-29(14-12-27)33(2,3)4/h7-14,24,28H,5-6,15-23H2,1-4H3,(H,34,39). The maximum Gasteiger partial charge on any atom is 0.241 e. The van der Waals surface area contributed by atoms with E-state index in [0.717, 1.165) is 49.5 Å². The molecule has 2 saturated heterocycles. The summed E-state index contributed by atoms with van der Waals surface area (Å²) in [5.41, 5.74) is 4.86. The molecule has 2 aliphatic heterocycles. The lowest BCUT2D eigenvalue weighted by atomic mass is 9.87. The summed E-state index contributed by atoms with van der Waals surface area (Å²) in [4.78, 5) is 22.3. The third-order valence-electron chi connectivity index (χ3n) is 8.43. The molecule has 214 valence electrons. The molecule has 40 heavy (non-hydrogen) atoms. The van der Waals surface area contributed by atoms with Gasteiger partial charge in [-0.25, -0.2) is 0 Å². The highest BCUT2D eigenvalue weighted by Crippen LogP contribution is 2.26. The molecule has 0 bridgehead atoms. The van der Waals surface area contributed by atoms with Crippen LogP contribution in [0.2, 0.25) is 0 Å². The average molecular weight is 544 g/mol. The lowest BCUT2D eigenvalue weighted by molar-refractivity contribution is -0.126. The zero-order chi connectivity index (χ0) is 28.1. The number of likely N-dealkylation sites (tertiary alicyclic amines) is 2. The summed E-state index contributed by atoms with van der Waals surface area (Å²) in [5, 5.41) is 7.36. The quantitative estimate of drug-likeness (QED) is 0.387. The molecule has 1 aromatic heterocycles. The molecule has 0 radical (unpaired) electrons. The van der Waals surface area contributed by atoms with Gasteiger partial charge in [-0.1, -0.05) is 81.4 Å². The molecule has 0 spiro atoms. The highest BCUT2D eigenvalue weighted by atomic mass is 16.5. The first-order valence-corrected chi connectivity index (χ1v) is 15.0. The fourth-order valence-electron chi connectivity index (χ4n) is 5.88. The Labute approximate surface area is 239 Å². The second kappa shape index (κ2) is 12.6. The summed E-state index contributed by atoms with van der Waals surface area (Å²) >= 11 is 0. The Balaban J connectivity index is 1.04. The van der Waals surface area contributed by atoms with Crippen LogP contribution in [0.4, 0.5) is 0 Å². The van der Waals surface area contributed by atoms with E-state index in [1.807, 2.05) is 0 Å². The fraction of sp³-hybridized carbons (Fsp3) is 0.545. The summed E-state index contributed by atoms with van der Waals surface area (Å²) in [6, 6.07) is 17.1. The number of carbonyl (C=O) groups excluding carboxylic acids is 1. The van der Waals surface area contributed by atoms with Crippen molar-refractivity contribution in [1.82, 2.24) is 25.3 Å². The van der Waals surface area contributed by atoms with Crippen molar-refractivity contribution in [2.45, 2.75) is 78.4 Å². The van der Waals surface area contributed by atoms with Crippen molar-refractivity contribution in [3.8, 4) is 11.4 Å². The van der Waals surface area contributed by atoms with Gasteiger partial charge in [0.2, 0.25) is 17.6 Å². The number of benzene rings is 2. The van der Waals surface area contributed by atoms with E-state index >= 15 is 0 Å². The SMILES string of the molecule is CC1CCCN(Cc2ccc(CNC(=O)C3CCN(Cc4nc(-c5ccc(C(C)(C)C)cc5)no4)CC3)cc2)C1. The first-order valence-electron chi connectivity index (χ1n) is 15.0. The smallest absolute Gasteiger partial charge is 0.241 e. The zero-order valence-corrected chi connectivity index (χ0v) is 24.7. The van der Waals surface area contributed by atoms with Crippen molar-refractivity contribution < 1.29 is 9.32 Å². The second-order valence-corrected chi connectivity index (χ2v) is 12.9. The molecule has 5 rings (SSSR count). The van der Waals surface area contributed by atoms with Crippen molar-refractivity contribution in [2.75, 3.05) is 26.2 Å². The number of amides is 1. The van der Waals surface area contributed by atoms with Gasteiger partial charge in [0.05, 0.1) is 6.54 Å². The number of nitrogens with zero attached hydrogens (tertiary/aromatic N) is 4. The van der Waals surface area contributed by atoms with E-state index in [-0.39, 0.29) is 17.2 Å². The van der Waals surface area contributed by atoms with Crippen molar-refractivity contribution in [1.29, 1.82) is 0 Å². The minimum Gasteiger partial charge on any atom is -0.352 e. The van der Waals surface area contributed by atoms with Gasteiger partial charge in [-0.2, -0.15) is 4.98 Å². The van der Waals surface area contributed by atoms with Gasteiger partial charge in [-0.3, -0.25) is 14.6 Å². The maximum atomic E-state index is 12.9. The summed E-state index contributed by atoms with van der Waals surface area (Å²) in [6.45, 7) is 15.3. The molecule has 2 fully saturated rings. The topological polar surface area (TPSA) is 74.5 Å². The number of piperidine rings is 2. The summed E-state index contributed by atoms with van der Waals surface area (Å²) in [7, 11) is 0. The Morgan fingerprint density at radius 2 is 1.62 bits per heavy atom. The highest BCUT2D eigenvalue weighted by Gasteiger charge is 2.26. The van der Waals surface area contributed by atoms with Crippen LogP contribution in [0.3, 0.4) is 0 Å². The van der Waals surface area contributed by atoms with Gasteiger partial charge < -0.3 is 9.84 Å². The number of rotatable bonds is 8. The second-order valence-electron chi connectivity index (χ2n) is 12.9. The molecule has 0 aliphatic carbocycles. The Bertz CT molecular complexity index is 1240. The van der Waals surface area contributed by atoms with E-state index in [1.165, 1.54) is 37.1 Å². The number of nitrogens with one attached hydrogen (secondary N) is 1. The molecule has 3 heterocycles. The van der Waals surface area contributed by atoms with Gasteiger partial charge in [-0.05, 0) is 73.3 Å². The van der Waals surface area contributed by atoms with Crippen LogP contribution < -0.4 is 5.32 Å². The Kier molecular flexibility index (Phi) is 9.01. The molecule has 7 heteroatoms. The molecule has 1 atom stereocenters. The van der Waals surface area contributed by atoms with Crippen LogP contribution in [0.1, 0.15) is 76.0 Å². The van der Waals surface area contributed by atoms with Crippen LogP contribution in [0.5, 0.6) is 0 Å². The summed E-state index contributed by atoms with van der Waals surface area (Å²) < 4.78 is 5.55. The van der Waals surface area contributed by atoms with Crippen LogP contribution in [0, 0.1) is 11.8 Å². The van der Waals surface area contributed by atoms with E-state index < -0.39 is 0 Å². The zero-order valence-electron chi connectivity index (χ0n) is 24.7. The lowest BCUT2D eigenvalue weighted by Crippen LogP contribution is -2.40. The third kappa shape index (κ3) is 7.58. The largest absolute Gasteiger partial charge is 0.352 e. The van der Waals surface area contributed by atoms with Gasteiger partial charge in [0.15, 0.2) is 0 Å². The summed E-state index contributed by atoms with van der Waals surface area (Å²) in [5.74, 6) is 2.25. The molecule has 0 saturated carbocycles. The Morgan fingerprint density at radius 3 is 2.30 bits per heavy atom. The van der Waals surface area contributed by atoms with E-state index in [4.69, 9.17) is 4.52 Å². The van der Waals surface area contributed by atoms with Gasteiger partial charge in [0.25, 0.3) is 0 Å². The highest BCUT2D eigenvalue weighted by molar-refractivity contribution is 5.78. The molecular weight excluding hydrogens is 498 g/mol. The van der Waals surface area contributed by atoms with Crippen LogP contribution in [0.25, 0.3) is 11.4 Å². The van der Waals surface area contributed by atoms with Crippen LogP contribution in [-0.4, -0.2) is 52.0 Å². The normalized spacial score (nSPS) is 19.6. The third-order valence-corrected chi connectivity index (χ3v) is 8.43. The molecular formula is C33H45N5O2. The molecule has 2 aliphatic rings. The molecule has 1 unspecified atom stereocenters. The lowest BCUT2D eigenvalue weighted by Gasteiger charge is -2.30. The minimum absolute atomic E-state index is 0.0520. The predicted octanol–water partition coefficient (Wildman–Crippen LogP) is 5.79.